The lowest BCUT2D eigenvalue weighted by molar-refractivity contribution is -0.140. The molecule has 0 amide bonds. The molecular weight excluding hydrogens is 380 g/mol. The van der Waals surface area contributed by atoms with Crippen LogP contribution in [0.1, 0.15) is 44.1 Å². The van der Waals surface area contributed by atoms with Gasteiger partial charge in [0, 0.05) is 30.9 Å². The number of rotatable bonds is 9. The molecule has 2 aromatic rings. The highest BCUT2D eigenvalue weighted by Crippen LogP contribution is 2.30. The molecule has 1 aliphatic heterocycles. The molecule has 1 aromatic carbocycles. The summed E-state index contributed by atoms with van der Waals surface area (Å²) in [6, 6.07) is 12.1. The van der Waals surface area contributed by atoms with Gasteiger partial charge in [-0.1, -0.05) is 19.1 Å². The lowest BCUT2D eigenvalue weighted by Gasteiger charge is -2.20. The van der Waals surface area contributed by atoms with Crippen LogP contribution in [0.4, 0.5) is 5.69 Å². The highest BCUT2D eigenvalue weighted by Gasteiger charge is 2.25. The van der Waals surface area contributed by atoms with E-state index in [0.29, 0.717) is 12.3 Å². The van der Waals surface area contributed by atoms with E-state index < -0.39 is 0 Å². The maximum Gasteiger partial charge on any atom is 0.306 e. The Morgan fingerprint density at radius 3 is 2.73 bits per heavy atom. The molecule has 0 N–H and O–H groups in total. The molecule has 1 saturated heterocycles. The SMILES string of the molecule is COC(=O)C[C@@H](C)c1ccc(OC2CCN(c3ccnc(OCC4CC4)c3)C2)cc1. The van der Waals surface area contributed by atoms with Crippen LogP contribution in [0, 0.1) is 5.92 Å². The number of hydrogen-bond donors (Lipinski definition) is 0. The number of nitrogens with zero attached hydrogens (tertiary/aromatic N) is 2. The Labute approximate surface area is 178 Å². The fourth-order valence-corrected chi connectivity index (χ4v) is 3.74. The van der Waals surface area contributed by atoms with Crippen molar-refractivity contribution in [1.82, 2.24) is 4.98 Å². The van der Waals surface area contributed by atoms with E-state index >= 15 is 0 Å². The molecular formula is C24H30N2O4. The molecule has 1 saturated carbocycles. The Hall–Kier alpha value is -2.76. The number of benzene rings is 1. The Balaban J connectivity index is 1.29. The van der Waals surface area contributed by atoms with Gasteiger partial charge in [0.25, 0.3) is 0 Å². The first-order chi connectivity index (χ1) is 14.6. The Morgan fingerprint density at radius 1 is 1.20 bits per heavy atom. The molecule has 160 valence electrons. The molecule has 0 bridgehead atoms. The van der Waals surface area contributed by atoms with Crippen molar-refractivity contribution in [2.45, 2.75) is 44.6 Å². The first-order valence-electron chi connectivity index (χ1n) is 10.8. The second kappa shape index (κ2) is 9.37. The monoisotopic (exact) mass is 410 g/mol. The third-order valence-electron chi connectivity index (χ3n) is 5.84. The van der Waals surface area contributed by atoms with Crippen LogP contribution in [0.25, 0.3) is 0 Å². The summed E-state index contributed by atoms with van der Waals surface area (Å²) in [6.45, 7) is 4.59. The highest BCUT2D eigenvalue weighted by molar-refractivity contribution is 5.70. The minimum Gasteiger partial charge on any atom is -0.489 e. The van der Waals surface area contributed by atoms with Gasteiger partial charge in [0.1, 0.15) is 11.9 Å². The van der Waals surface area contributed by atoms with Crippen LogP contribution in [0.5, 0.6) is 11.6 Å². The van der Waals surface area contributed by atoms with Gasteiger partial charge in [-0.25, -0.2) is 4.98 Å². The quantitative estimate of drug-likeness (QED) is 0.578. The van der Waals surface area contributed by atoms with E-state index in [-0.39, 0.29) is 18.0 Å². The van der Waals surface area contributed by atoms with Gasteiger partial charge in [0.2, 0.25) is 5.88 Å². The maximum absolute atomic E-state index is 11.5. The first-order valence-corrected chi connectivity index (χ1v) is 10.8. The summed E-state index contributed by atoms with van der Waals surface area (Å²) in [5.74, 6) is 2.22. The van der Waals surface area contributed by atoms with Gasteiger partial charge in [0.05, 0.1) is 26.7 Å². The average Bonchev–Trinajstić information content (AvgIpc) is 3.49. The van der Waals surface area contributed by atoms with Gasteiger partial charge in [-0.15, -0.1) is 0 Å². The first kappa shape index (κ1) is 20.5. The van der Waals surface area contributed by atoms with Gasteiger partial charge < -0.3 is 19.1 Å². The Kier molecular flexibility index (Phi) is 6.41. The number of anilines is 1. The summed E-state index contributed by atoms with van der Waals surface area (Å²) in [5.41, 5.74) is 2.24. The van der Waals surface area contributed by atoms with Crippen LogP contribution in [-0.4, -0.2) is 43.9 Å². The molecule has 1 aromatic heterocycles. The number of ether oxygens (including phenoxy) is 3. The van der Waals surface area contributed by atoms with Crippen LogP contribution in [0.2, 0.25) is 0 Å². The second-order valence-electron chi connectivity index (χ2n) is 8.33. The predicted octanol–water partition coefficient (Wildman–Crippen LogP) is 4.19. The smallest absolute Gasteiger partial charge is 0.306 e. The predicted molar refractivity (Wildman–Crippen MR) is 115 cm³/mol. The third kappa shape index (κ3) is 5.43. The van der Waals surface area contributed by atoms with Gasteiger partial charge in [-0.2, -0.15) is 0 Å². The fraction of sp³-hybridized carbons (Fsp3) is 0.500. The molecule has 2 atom stereocenters. The zero-order valence-electron chi connectivity index (χ0n) is 17.8. The molecule has 1 aliphatic carbocycles. The fourth-order valence-electron chi connectivity index (χ4n) is 3.74. The topological polar surface area (TPSA) is 60.9 Å². The summed E-state index contributed by atoms with van der Waals surface area (Å²) in [7, 11) is 1.42. The van der Waals surface area contributed by atoms with Gasteiger partial charge in [0.15, 0.2) is 0 Å². The van der Waals surface area contributed by atoms with E-state index in [4.69, 9.17) is 14.2 Å². The standard InChI is InChI=1S/C24H30N2O4/c1-17(13-24(27)28-2)19-5-7-21(8-6-19)30-22-10-12-26(15-22)20-9-11-25-23(14-20)29-16-18-3-4-18/h5-9,11,14,17-18,22H,3-4,10,12-13,15-16H2,1-2H3/t17-,22?/m1/s1. The number of carbonyl (C=O) groups is 1. The molecule has 0 spiro atoms. The summed E-state index contributed by atoms with van der Waals surface area (Å²) in [4.78, 5) is 18.1. The molecule has 2 heterocycles. The summed E-state index contributed by atoms with van der Waals surface area (Å²) in [5, 5.41) is 0. The van der Waals surface area contributed by atoms with Crippen molar-refractivity contribution in [3.8, 4) is 11.6 Å². The van der Waals surface area contributed by atoms with Crippen molar-refractivity contribution in [1.29, 1.82) is 0 Å². The highest BCUT2D eigenvalue weighted by atomic mass is 16.5. The number of aromatic nitrogens is 1. The van der Waals surface area contributed by atoms with Gasteiger partial charge >= 0.3 is 5.97 Å². The Morgan fingerprint density at radius 2 is 2.00 bits per heavy atom. The number of carbonyl (C=O) groups excluding carboxylic acids is 1. The van der Waals surface area contributed by atoms with E-state index in [0.717, 1.165) is 49.0 Å². The van der Waals surface area contributed by atoms with Crippen molar-refractivity contribution in [3.05, 3.63) is 48.2 Å². The minimum atomic E-state index is -0.189. The second-order valence-corrected chi connectivity index (χ2v) is 8.33. The average molecular weight is 411 g/mol. The van der Waals surface area contributed by atoms with Crippen molar-refractivity contribution < 1.29 is 19.0 Å². The lowest BCUT2D eigenvalue weighted by Crippen LogP contribution is -2.24. The number of pyridine rings is 1. The van der Waals surface area contributed by atoms with Crippen LogP contribution >= 0.6 is 0 Å². The van der Waals surface area contributed by atoms with Crippen molar-refractivity contribution >= 4 is 11.7 Å². The number of esters is 1. The summed E-state index contributed by atoms with van der Waals surface area (Å²) < 4.78 is 16.8. The molecule has 0 radical (unpaired) electrons. The van der Waals surface area contributed by atoms with Crippen LogP contribution < -0.4 is 14.4 Å². The van der Waals surface area contributed by atoms with E-state index in [1.165, 1.54) is 20.0 Å². The molecule has 2 fully saturated rings. The van der Waals surface area contributed by atoms with Crippen molar-refractivity contribution in [2.75, 3.05) is 31.7 Å². The van der Waals surface area contributed by atoms with E-state index in [9.17, 15) is 4.79 Å². The van der Waals surface area contributed by atoms with E-state index in [1.807, 2.05) is 49.5 Å². The molecule has 2 aliphatic rings. The zero-order chi connectivity index (χ0) is 20.9. The zero-order valence-corrected chi connectivity index (χ0v) is 17.8. The van der Waals surface area contributed by atoms with Crippen LogP contribution in [0.3, 0.4) is 0 Å². The third-order valence-corrected chi connectivity index (χ3v) is 5.84. The molecule has 6 heteroatoms. The van der Waals surface area contributed by atoms with E-state index in [2.05, 4.69) is 9.88 Å². The lowest BCUT2D eigenvalue weighted by atomic mass is 9.98. The molecule has 1 unspecified atom stereocenters. The molecule has 4 rings (SSSR count). The van der Waals surface area contributed by atoms with Crippen LogP contribution in [0.15, 0.2) is 42.6 Å². The number of methoxy groups -OCH3 is 1. The summed E-state index contributed by atoms with van der Waals surface area (Å²) >= 11 is 0. The van der Waals surface area contributed by atoms with E-state index in [1.54, 1.807) is 0 Å². The van der Waals surface area contributed by atoms with Crippen LogP contribution in [-0.2, 0) is 9.53 Å². The van der Waals surface area contributed by atoms with Gasteiger partial charge in [-0.05, 0) is 48.4 Å². The van der Waals surface area contributed by atoms with Crippen molar-refractivity contribution in [3.63, 3.8) is 0 Å². The largest absolute Gasteiger partial charge is 0.489 e. The van der Waals surface area contributed by atoms with Crippen molar-refractivity contribution in [2.24, 2.45) is 5.92 Å². The Bertz CT molecular complexity index is 851. The molecule has 6 nitrogen and oxygen atoms in total. The minimum absolute atomic E-state index is 0.122. The normalized spacial score (nSPS) is 19.4. The maximum atomic E-state index is 11.5. The number of hydrogen-bond acceptors (Lipinski definition) is 6. The van der Waals surface area contributed by atoms with Gasteiger partial charge in [-0.3, -0.25) is 4.79 Å². The summed E-state index contributed by atoms with van der Waals surface area (Å²) in [6.07, 6.45) is 5.87. The molecule has 30 heavy (non-hydrogen) atoms.